The Balaban J connectivity index is 1.75. The Bertz CT molecular complexity index is 318. The molecule has 1 aliphatic carbocycles. The van der Waals surface area contributed by atoms with Crippen LogP contribution in [-0.4, -0.2) is 67.2 Å². The fourth-order valence-electron chi connectivity index (χ4n) is 2.18. The van der Waals surface area contributed by atoms with Crippen LogP contribution in [0, 0.1) is 0 Å². The number of carbonyl (C=O) groups excluding carboxylic acids is 2. The van der Waals surface area contributed by atoms with E-state index in [-0.39, 0.29) is 12.0 Å². The molecule has 0 aromatic carbocycles. The first-order chi connectivity index (χ1) is 8.70. The minimum Gasteiger partial charge on any atom is -0.465 e. The van der Waals surface area contributed by atoms with Crippen molar-refractivity contribution in [3.05, 3.63) is 0 Å². The topological polar surface area (TPSA) is 61.9 Å². The van der Waals surface area contributed by atoms with Crippen molar-refractivity contribution in [2.75, 3.05) is 39.3 Å². The molecule has 0 unspecified atom stereocenters. The van der Waals surface area contributed by atoms with Crippen LogP contribution in [0.4, 0.5) is 4.79 Å². The lowest BCUT2D eigenvalue weighted by Crippen LogP contribution is -2.40. The third-order valence-electron chi connectivity index (χ3n) is 3.30. The van der Waals surface area contributed by atoms with Gasteiger partial charge in [-0.25, -0.2) is 4.79 Å². The first-order valence-corrected chi connectivity index (χ1v) is 6.63. The molecule has 0 aromatic rings. The molecule has 0 radical (unpaired) electrons. The minimum absolute atomic E-state index is 0.00174. The lowest BCUT2D eigenvalue weighted by atomic mass is 10.4. The van der Waals surface area contributed by atoms with E-state index < -0.39 is 0 Å². The van der Waals surface area contributed by atoms with E-state index in [4.69, 9.17) is 4.74 Å². The second-order valence-corrected chi connectivity index (χ2v) is 4.73. The zero-order chi connectivity index (χ0) is 13.0. The summed E-state index contributed by atoms with van der Waals surface area (Å²) in [6, 6.07) is 0.502. The largest absolute Gasteiger partial charge is 0.465 e. The predicted octanol–water partition coefficient (Wildman–Crippen LogP) is 0.0391. The molecular formula is C12H21N3O3. The Labute approximate surface area is 107 Å². The molecule has 18 heavy (non-hydrogen) atoms. The van der Waals surface area contributed by atoms with Crippen LogP contribution in [0.15, 0.2) is 0 Å². The molecule has 102 valence electrons. The van der Waals surface area contributed by atoms with Crippen molar-refractivity contribution >= 4 is 12.0 Å². The first kappa shape index (κ1) is 13.1. The van der Waals surface area contributed by atoms with Gasteiger partial charge < -0.3 is 15.0 Å². The average molecular weight is 255 g/mol. The summed E-state index contributed by atoms with van der Waals surface area (Å²) in [7, 11) is 0. The highest BCUT2D eigenvalue weighted by Gasteiger charge is 2.31. The number of amides is 2. The molecule has 2 aliphatic rings. The zero-order valence-electron chi connectivity index (χ0n) is 10.9. The molecule has 0 spiro atoms. The third-order valence-corrected chi connectivity index (χ3v) is 3.30. The van der Waals surface area contributed by atoms with E-state index in [1.54, 1.807) is 4.90 Å². The number of urea groups is 1. The van der Waals surface area contributed by atoms with Gasteiger partial charge in [0.25, 0.3) is 0 Å². The van der Waals surface area contributed by atoms with E-state index in [0.717, 1.165) is 32.5 Å². The zero-order valence-corrected chi connectivity index (χ0v) is 10.9. The van der Waals surface area contributed by atoms with Gasteiger partial charge in [0.15, 0.2) is 0 Å². The summed E-state index contributed by atoms with van der Waals surface area (Å²) < 4.78 is 4.97. The SMILES string of the molecule is CCOC(=O)CN(CCN1CCNC1=O)C1CC1. The number of carbonyl (C=O) groups is 2. The summed E-state index contributed by atoms with van der Waals surface area (Å²) in [6.07, 6.45) is 2.29. The molecule has 2 rings (SSSR count). The Morgan fingerprint density at radius 2 is 2.33 bits per heavy atom. The highest BCUT2D eigenvalue weighted by Crippen LogP contribution is 2.26. The maximum atomic E-state index is 11.5. The van der Waals surface area contributed by atoms with Crippen LogP contribution >= 0.6 is 0 Å². The van der Waals surface area contributed by atoms with Crippen LogP contribution in [-0.2, 0) is 9.53 Å². The first-order valence-electron chi connectivity index (χ1n) is 6.63. The molecule has 6 heteroatoms. The number of hydrogen-bond acceptors (Lipinski definition) is 4. The second-order valence-electron chi connectivity index (χ2n) is 4.73. The molecule has 1 saturated carbocycles. The van der Waals surface area contributed by atoms with Crippen molar-refractivity contribution in [3.63, 3.8) is 0 Å². The lowest BCUT2D eigenvalue weighted by Gasteiger charge is -2.23. The summed E-state index contributed by atoms with van der Waals surface area (Å²) in [4.78, 5) is 26.8. The van der Waals surface area contributed by atoms with Gasteiger partial charge in [0.2, 0.25) is 0 Å². The van der Waals surface area contributed by atoms with Gasteiger partial charge in [-0.05, 0) is 19.8 Å². The molecule has 1 aliphatic heterocycles. The van der Waals surface area contributed by atoms with Gasteiger partial charge in [0, 0.05) is 32.2 Å². The predicted molar refractivity (Wildman–Crippen MR) is 66.2 cm³/mol. The van der Waals surface area contributed by atoms with Crippen LogP contribution in [0.25, 0.3) is 0 Å². The molecule has 2 fully saturated rings. The third kappa shape index (κ3) is 3.60. The fourth-order valence-corrected chi connectivity index (χ4v) is 2.18. The van der Waals surface area contributed by atoms with E-state index in [9.17, 15) is 9.59 Å². The Morgan fingerprint density at radius 3 is 2.89 bits per heavy atom. The molecular weight excluding hydrogens is 234 g/mol. The van der Waals surface area contributed by atoms with Crippen molar-refractivity contribution in [2.45, 2.75) is 25.8 Å². The van der Waals surface area contributed by atoms with Crippen LogP contribution in [0.1, 0.15) is 19.8 Å². The monoisotopic (exact) mass is 255 g/mol. The van der Waals surface area contributed by atoms with E-state index in [1.165, 1.54) is 0 Å². The molecule has 6 nitrogen and oxygen atoms in total. The number of rotatable bonds is 7. The Morgan fingerprint density at radius 1 is 1.56 bits per heavy atom. The van der Waals surface area contributed by atoms with Crippen molar-refractivity contribution in [2.24, 2.45) is 0 Å². The average Bonchev–Trinajstić information content (AvgIpc) is 3.09. The van der Waals surface area contributed by atoms with Crippen molar-refractivity contribution in [1.29, 1.82) is 0 Å². The molecule has 1 saturated heterocycles. The van der Waals surface area contributed by atoms with Crippen LogP contribution in [0.2, 0.25) is 0 Å². The molecule has 1 N–H and O–H groups in total. The van der Waals surface area contributed by atoms with E-state index in [1.807, 2.05) is 6.92 Å². The van der Waals surface area contributed by atoms with Crippen molar-refractivity contribution in [1.82, 2.24) is 15.1 Å². The number of esters is 1. The number of nitrogens with zero attached hydrogens (tertiary/aromatic N) is 2. The standard InChI is InChI=1S/C12H21N3O3/c1-2-18-11(16)9-15(10-3-4-10)8-7-14-6-5-13-12(14)17/h10H,2-9H2,1H3,(H,13,17). The number of nitrogens with one attached hydrogen (secondary N) is 1. The van der Waals surface area contributed by atoms with Gasteiger partial charge in [-0.3, -0.25) is 9.69 Å². The van der Waals surface area contributed by atoms with Crippen LogP contribution in [0.5, 0.6) is 0 Å². The highest BCUT2D eigenvalue weighted by atomic mass is 16.5. The quantitative estimate of drug-likeness (QED) is 0.652. The van der Waals surface area contributed by atoms with E-state index >= 15 is 0 Å². The van der Waals surface area contributed by atoms with Gasteiger partial charge in [-0.2, -0.15) is 0 Å². The highest BCUT2D eigenvalue weighted by molar-refractivity contribution is 5.76. The lowest BCUT2D eigenvalue weighted by molar-refractivity contribution is -0.144. The van der Waals surface area contributed by atoms with E-state index in [2.05, 4.69) is 10.2 Å². The summed E-state index contributed by atoms with van der Waals surface area (Å²) >= 11 is 0. The molecule has 1 heterocycles. The van der Waals surface area contributed by atoms with Crippen molar-refractivity contribution in [3.8, 4) is 0 Å². The maximum Gasteiger partial charge on any atom is 0.320 e. The Hall–Kier alpha value is -1.30. The van der Waals surface area contributed by atoms with Gasteiger partial charge in [0.1, 0.15) is 0 Å². The molecule has 2 amide bonds. The summed E-state index contributed by atoms with van der Waals surface area (Å²) in [5, 5.41) is 2.78. The summed E-state index contributed by atoms with van der Waals surface area (Å²) in [5.74, 6) is -0.171. The smallest absolute Gasteiger partial charge is 0.320 e. The summed E-state index contributed by atoms with van der Waals surface area (Å²) in [5.41, 5.74) is 0. The maximum absolute atomic E-state index is 11.5. The molecule has 0 aromatic heterocycles. The normalized spacial score (nSPS) is 19.2. The van der Waals surface area contributed by atoms with E-state index in [0.29, 0.717) is 25.7 Å². The molecule has 0 atom stereocenters. The summed E-state index contributed by atoms with van der Waals surface area (Å²) in [6.45, 7) is 5.49. The van der Waals surface area contributed by atoms with Crippen LogP contribution in [0.3, 0.4) is 0 Å². The van der Waals surface area contributed by atoms with Gasteiger partial charge in [-0.15, -0.1) is 0 Å². The fraction of sp³-hybridized carbons (Fsp3) is 0.833. The van der Waals surface area contributed by atoms with Crippen molar-refractivity contribution < 1.29 is 14.3 Å². The van der Waals surface area contributed by atoms with Gasteiger partial charge >= 0.3 is 12.0 Å². The Kier molecular flexibility index (Phi) is 4.41. The van der Waals surface area contributed by atoms with Crippen LogP contribution < -0.4 is 5.32 Å². The molecule has 0 bridgehead atoms. The van der Waals surface area contributed by atoms with Gasteiger partial charge in [0.05, 0.1) is 13.2 Å². The van der Waals surface area contributed by atoms with Gasteiger partial charge in [-0.1, -0.05) is 0 Å². The number of hydrogen-bond donors (Lipinski definition) is 1. The second kappa shape index (κ2) is 6.04. The number of ether oxygens (including phenoxy) is 1. The minimum atomic E-state index is -0.171.